The minimum Gasteiger partial charge on any atom is -0.465 e. The third-order valence-corrected chi connectivity index (χ3v) is 2.32. The number of carbonyl (C=O) groups excluding carboxylic acids is 2. The molecule has 0 aliphatic carbocycles. The number of ether oxygens (including phenoxy) is 1. The van der Waals surface area contributed by atoms with E-state index in [1.54, 1.807) is 19.1 Å². The number of carbonyl (C=O) groups is 2. The zero-order chi connectivity index (χ0) is 13.5. The molecule has 0 saturated carbocycles. The molecule has 0 aliphatic rings. The largest absolute Gasteiger partial charge is 0.465 e. The summed E-state index contributed by atoms with van der Waals surface area (Å²) in [6, 6.07) is 6.54. The topological polar surface area (TPSA) is 81.4 Å². The molecule has 0 unspecified atom stereocenters. The molecule has 1 rings (SSSR count). The molecule has 1 aromatic rings. The Bertz CT molecular complexity index is 415. The van der Waals surface area contributed by atoms with E-state index in [1.807, 2.05) is 12.1 Å². The molecular weight excluding hydrogens is 232 g/mol. The average molecular weight is 250 g/mol. The molecule has 0 spiro atoms. The number of nitrogens with one attached hydrogen (secondary N) is 1. The van der Waals surface area contributed by atoms with Crippen molar-refractivity contribution in [3.63, 3.8) is 0 Å². The minimum absolute atomic E-state index is 0.119. The molecule has 5 heteroatoms. The van der Waals surface area contributed by atoms with Crippen LogP contribution in [-0.2, 0) is 20.7 Å². The maximum absolute atomic E-state index is 11.4. The van der Waals surface area contributed by atoms with Gasteiger partial charge in [0, 0.05) is 12.6 Å². The summed E-state index contributed by atoms with van der Waals surface area (Å²) in [5.41, 5.74) is 7.35. The monoisotopic (exact) mass is 250 g/mol. The highest BCUT2D eigenvalue weighted by molar-refractivity contribution is 5.88. The molecule has 98 valence electrons. The van der Waals surface area contributed by atoms with Gasteiger partial charge in [-0.3, -0.25) is 9.59 Å². The van der Waals surface area contributed by atoms with Gasteiger partial charge in [0.25, 0.3) is 0 Å². The highest BCUT2D eigenvalue weighted by atomic mass is 16.5. The van der Waals surface area contributed by atoms with Crippen LogP contribution in [0.25, 0.3) is 0 Å². The summed E-state index contributed by atoms with van der Waals surface area (Å²) in [5, 5.41) is 2.67. The van der Waals surface area contributed by atoms with Crippen molar-refractivity contribution in [2.75, 3.05) is 11.9 Å². The van der Waals surface area contributed by atoms with Crippen LogP contribution in [0.5, 0.6) is 0 Å². The normalized spacial score (nSPS) is 11.7. The van der Waals surface area contributed by atoms with Gasteiger partial charge >= 0.3 is 5.97 Å². The zero-order valence-electron chi connectivity index (χ0n) is 10.6. The van der Waals surface area contributed by atoms with Crippen LogP contribution in [0.3, 0.4) is 0 Å². The van der Waals surface area contributed by atoms with E-state index in [4.69, 9.17) is 10.5 Å². The first-order valence-corrected chi connectivity index (χ1v) is 5.81. The smallest absolute Gasteiger partial charge is 0.323 e. The summed E-state index contributed by atoms with van der Waals surface area (Å²) in [6.45, 7) is 3.52. The number of amides is 1. The fraction of sp³-hybridized carbons (Fsp3) is 0.385. The van der Waals surface area contributed by atoms with Crippen LogP contribution in [0.1, 0.15) is 19.4 Å². The van der Waals surface area contributed by atoms with Gasteiger partial charge in [0.05, 0.1) is 6.61 Å². The molecule has 3 N–H and O–H groups in total. The molecule has 1 amide bonds. The second kappa shape index (κ2) is 6.76. The van der Waals surface area contributed by atoms with Crippen molar-refractivity contribution >= 4 is 17.6 Å². The van der Waals surface area contributed by atoms with Crippen LogP contribution in [0, 0.1) is 0 Å². The third kappa shape index (κ3) is 4.55. The average Bonchev–Trinajstić information content (AvgIpc) is 2.31. The maximum Gasteiger partial charge on any atom is 0.323 e. The van der Waals surface area contributed by atoms with Crippen molar-refractivity contribution in [3.05, 3.63) is 29.8 Å². The van der Waals surface area contributed by atoms with E-state index in [9.17, 15) is 9.59 Å². The lowest BCUT2D eigenvalue weighted by atomic mass is 10.1. The maximum atomic E-state index is 11.4. The van der Waals surface area contributed by atoms with Crippen LogP contribution < -0.4 is 11.1 Å². The molecule has 5 nitrogen and oxygen atoms in total. The molecule has 0 radical (unpaired) electrons. The number of esters is 1. The van der Waals surface area contributed by atoms with E-state index >= 15 is 0 Å². The van der Waals surface area contributed by atoms with Gasteiger partial charge in [-0.1, -0.05) is 12.1 Å². The first-order chi connectivity index (χ1) is 8.52. The van der Waals surface area contributed by atoms with E-state index in [1.165, 1.54) is 6.92 Å². The van der Waals surface area contributed by atoms with Gasteiger partial charge in [0.15, 0.2) is 0 Å². The van der Waals surface area contributed by atoms with Crippen LogP contribution in [0.15, 0.2) is 24.3 Å². The molecule has 0 bridgehead atoms. The SMILES string of the molecule is CCOC(=O)[C@@H](N)Cc1ccc(NC(C)=O)cc1. The van der Waals surface area contributed by atoms with Crippen LogP contribution in [-0.4, -0.2) is 24.5 Å². The van der Waals surface area contributed by atoms with Crippen LogP contribution in [0.4, 0.5) is 5.69 Å². The Kier molecular flexibility index (Phi) is 5.32. The predicted molar refractivity (Wildman–Crippen MR) is 69.1 cm³/mol. The summed E-state index contributed by atoms with van der Waals surface area (Å²) in [4.78, 5) is 22.2. The van der Waals surface area contributed by atoms with Crippen molar-refractivity contribution in [1.82, 2.24) is 0 Å². The van der Waals surface area contributed by atoms with E-state index in [-0.39, 0.29) is 5.91 Å². The first kappa shape index (κ1) is 14.2. The van der Waals surface area contributed by atoms with E-state index in [0.717, 1.165) is 11.3 Å². The van der Waals surface area contributed by atoms with Crippen molar-refractivity contribution in [2.24, 2.45) is 5.73 Å². The highest BCUT2D eigenvalue weighted by Crippen LogP contribution is 2.11. The molecule has 0 aromatic heterocycles. The van der Waals surface area contributed by atoms with Crippen molar-refractivity contribution in [2.45, 2.75) is 26.3 Å². The summed E-state index contributed by atoms with van der Waals surface area (Å²) in [6.07, 6.45) is 0.416. The first-order valence-electron chi connectivity index (χ1n) is 5.81. The Labute approximate surface area is 106 Å². The Morgan fingerprint density at radius 2 is 1.94 bits per heavy atom. The molecule has 0 fully saturated rings. The molecule has 1 atom stereocenters. The molecular formula is C13H18N2O3. The van der Waals surface area contributed by atoms with E-state index < -0.39 is 12.0 Å². The van der Waals surface area contributed by atoms with Gasteiger partial charge in [-0.2, -0.15) is 0 Å². The fourth-order valence-corrected chi connectivity index (χ4v) is 1.51. The second-order valence-electron chi connectivity index (χ2n) is 3.94. The lowest BCUT2D eigenvalue weighted by Crippen LogP contribution is -2.34. The Morgan fingerprint density at radius 1 is 1.33 bits per heavy atom. The number of nitrogens with two attached hydrogens (primary N) is 1. The third-order valence-electron chi connectivity index (χ3n) is 2.32. The summed E-state index contributed by atoms with van der Waals surface area (Å²) < 4.78 is 4.83. The molecule has 0 aliphatic heterocycles. The molecule has 18 heavy (non-hydrogen) atoms. The van der Waals surface area contributed by atoms with Crippen LogP contribution in [0.2, 0.25) is 0 Å². The van der Waals surface area contributed by atoms with Crippen molar-refractivity contribution in [1.29, 1.82) is 0 Å². The summed E-state index contributed by atoms with van der Waals surface area (Å²) in [5.74, 6) is -0.519. The molecule has 0 saturated heterocycles. The van der Waals surface area contributed by atoms with Gasteiger partial charge in [-0.25, -0.2) is 0 Å². The van der Waals surface area contributed by atoms with Crippen LogP contribution >= 0.6 is 0 Å². The van der Waals surface area contributed by atoms with Crippen molar-refractivity contribution < 1.29 is 14.3 Å². The lowest BCUT2D eigenvalue weighted by Gasteiger charge is -2.11. The Balaban J connectivity index is 2.58. The second-order valence-corrected chi connectivity index (χ2v) is 3.94. The lowest BCUT2D eigenvalue weighted by molar-refractivity contribution is -0.144. The number of anilines is 1. The quantitative estimate of drug-likeness (QED) is 0.766. The van der Waals surface area contributed by atoms with E-state index in [2.05, 4.69) is 5.32 Å². The highest BCUT2D eigenvalue weighted by Gasteiger charge is 2.14. The minimum atomic E-state index is -0.656. The fourth-order valence-electron chi connectivity index (χ4n) is 1.51. The summed E-state index contributed by atoms with van der Waals surface area (Å²) in [7, 11) is 0. The standard InChI is InChI=1S/C13H18N2O3/c1-3-18-13(17)12(14)8-10-4-6-11(7-5-10)15-9(2)16/h4-7,12H,3,8,14H2,1-2H3,(H,15,16)/t12-/m0/s1. The zero-order valence-corrected chi connectivity index (χ0v) is 10.6. The van der Waals surface area contributed by atoms with E-state index in [0.29, 0.717) is 13.0 Å². The van der Waals surface area contributed by atoms with Gasteiger partial charge < -0.3 is 15.8 Å². The Morgan fingerprint density at radius 3 is 2.44 bits per heavy atom. The summed E-state index contributed by atoms with van der Waals surface area (Å²) >= 11 is 0. The van der Waals surface area contributed by atoms with Crippen molar-refractivity contribution in [3.8, 4) is 0 Å². The number of benzene rings is 1. The number of rotatable bonds is 5. The van der Waals surface area contributed by atoms with Gasteiger partial charge in [-0.15, -0.1) is 0 Å². The molecule has 0 heterocycles. The Hall–Kier alpha value is -1.88. The van der Waals surface area contributed by atoms with Gasteiger partial charge in [0.1, 0.15) is 6.04 Å². The number of hydrogen-bond donors (Lipinski definition) is 2. The number of hydrogen-bond acceptors (Lipinski definition) is 4. The van der Waals surface area contributed by atoms with Gasteiger partial charge in [0.2, 0.25) is 5.91 Å². The molecule has 1 aromatic carbocycles. The predicted octanol–water partition coefficient (Wildman–Crippen LogP) is 1.08. The van der Waals surface area contributed by atoms with Gasteiger partial charge in [-0.05, 0) is 31.0 Å².